The molecule has 0 atom stereocenters. The standard InChI is InChI=1S/C10H6Cl2N2O2/c11-6-4-9(12)13-5-7(6)14-10(15)8-2-1-3-16-8/h1-5H,(H,14,15). The summed E-state index contributed by atoms with van der Waals surface area (Å²) in [6, 6.07) is 4.62. The van der Waals surface area contributed by atoms with Crippen LogP contribution in [0.4, 0.5) is 5.69 Å². The number of hydrogen-bond acceptors (Lipinski definition) is 3. The molecule has 0 aromatic carbocycles. The molecule has 6 heteroatoms. The molecular weight excluding hydrogens is 251 g/mol. The molecule has 2 aromatic rings. The highest BCUT2D eigenvalue weighted by atomic mass is 35.5. The summed E-state index contributed by atoms with van der Waals surface area (Å²) in [6.07, 6.45) is 2.79. The molecule has 0 fully saturated rings. The molecule has 0 bridgehead atoms. The number of nitrogens with zero attached hydrogens (tertiary/aromatic N) is 1. The molecule has 0 spiro atoms. The van der Waals surface area contributed by atoms with Gasteiger partial charge in [0.25, 0.3) is 5.91 Å². The van der Waals surface area contributed by atoms with Crippen molar-refractivity contribution < 1.29 is 9.21 Å². The third-order valence-electron chi connectivity index (χ3n) is 1.81. The lowest BCUT2D eigenvalue weighted by atomic mass is 10.3. The Bertz CT molecular complexity index is 512. The van der Waals surface area contributed by atoms with E-state index >= 15 is 0 Å². The highest BCUT2D eigenvalue weighted by molar-refractivity contribution is 6.36. The van der Waals surface area contributed by atoms with Crippen LogP contribution in [-0.4, -0.2) is 10.9 Å². The van der Waals surface area contributed by atoms with E-state index in [4.69, 9.17) is 27.6 Å². The Morgan fingerprint density at radius 1 is 1.44 bits per heavy atom. The van der Waals surface area contributed by atoms with Gasteiger partial charge in [0.05, 0.1) is 23.2 Å². The van der Waals surface area contributed by atoms with Crippen LogP contribution in [0, 0.1) is 0 Å². The smallest absolute Gasteiger partial charge is 0.291 e. The van der Waals surface area contributed by atoms with Crippen molar-refractivity contribution >= 4 is 34.8 Å². The summed E-state index contributed by atoms with van der Waals surface area (Å²) in [6.45, 7) is 0. The van der Waals surface area contributed by atoms with Crippen molar-refractivity contribution in [1.82, 2.24) is 4.98 Å². The summed E-state index contributed by atoms with van der Waals surface area (Å²) in [5.41, 5.74) is 0.382. The molecule has 0 radical (unpaired) electrons. The molecule has 4 nitrogen and oxygen atoms in total. The number of amides is 1. The number of carbonyl (C=O) groups excluding carboxylic acids is 1. The van der Waals surface area contributed by atoms with Crippen LogP contribution < -0.4 is 5.32 Å². The maximum Gasteiger partial charge on any atom is 0.291 e. The van der Waals surface area contributed by atoms with Gasteiger partial charge in [-0.1, -0.05) is 23.2 Å². The van der Waals surface area contributed by atoms with Gasteiger partial charge >= 0.3 is 0 Å². The maximum atomic E-state index is 11.6. The monoisotopic (exact) mass is 256 g/mol. The van der Waals surface area contributed by atoms with Crippen LogP contribution in [0.15, 0.2) is 35.1 Å². The maximum absolute atomic E-state index is 11.6. The van der Waals surface area contributed by atoms with E-state index < -0.39 is 5.91 Å². The van der Waals surface area contributed by atoms with Crippen molar-refractivity contribution in [3.8, 4) is 0 Å². The van der Waals surface area contributed by atoms with Crippen molar-refractivity contribution in [3.63, 3.8) is 0 Å². The lowest BCUT2D eigenvalue weighted by Crippen LogP contribution is -2.11. The summed E-state index contributed by atoms with van der Waals surface area (Å²) in [5, 5.41) is 3.14. The molecule has 2 heterocycles. The first kappa shape index (κ1) is 11.0. The number of pyridine rings is 1. The Kier molecular flexibility index (Phi) is 3.12. The number of halogens is 2. The molecule has 0 saturated carbocycles. The molecule has 2 rings (SSSR count). The van der Waals surface area contributed by atoms with Crippen molar-refractivity contribution in [1.29, 1.82) is 0 Å². The SMILES string of the molecule is O=C(Nc1cnc(Cl)cc1Cl)c1ccco1. The predicted molar refractivity (Wildman–Crippen MR) is 60.9 cm³/mol. The van der Waals surface area contributed by atoms with Crippen molar-refractivity contribution in [2.45, 2.75) is 0 Å². The highest BCUT2D eigenvalue weighted by Gasteiger charge is 2.11. The summed E-state index contributed by atoms with van der Waals surface area (Å²) in [7, 11) is 0. The lowest BCUT2D eigenvalue weighted by molar-refractivity contribution is 0.0996. The first-order chi connectivity index (χ1) is 7.66. The fraction of sp³-hybridized carbons (Fsp3) is 0. The molecule has 0 saturated heterocycles. The zero-order valence-electron chi connectivity index (χ0n) is 7.91. The number of anilines is 1. The Balaban J connectivity index is 2.18. The van der Waals surface area contributed by atoms with Gasteiger partial charge in [-0.25, -0.2) is 4.98 Å². The van der Waals surface area contributed by atoms with Gasteiger partial charge in [0.1, 0.15) is 5.15 Å². The fourth-order valence-corrected chi connectivity index (χ4v) is 1.50. The van der Waals surface area contributed by atoms with Crippen LogP contribution in [0.2, 0.25) is 10.2 Å². The Morgan fingerprint density at radius 3 is 2.88 bits per heavy atom. The molecule has 1 N–H and O–H groups in total. The van der Waals surface area contributed by atoms with Crippen LogP contribution >= 0.6 is 23.2 Å². The topological polar surface area (TPSA) is 55.1 Å². The Hall–Kier alpha value is -1.52. The second-order valence-electron chi connectivity index (χ2n) is 2.92. The molecule has 0 unspecified atom stereocenters. The minimum atomic E-state index is -0.393. The molecule has 82 valence electrons. The van der Waals surface area contributed by atoms with E-state index in [0.29, 0.717) is 10.7 Å². The van der Waals surface area contributed by atoms with E-state index in [9.17, 15) is 4.79 Å². The molecular formula is C10H6Cl2N2O2. The number of carbonyl (C=O) groups is 1. The van der Waals surface area contributed by atoms with E-state index in [0.717, 1.165) is 0 Å². The van der Waals surface area contributed by atoms with Gasteiger partial charge in [-0.2, -0.15) is 0 Å². The first-order valence-electron chi connectivity index (χ1n) is 4.33. The summed E-state index contributed by atoms with van der Waals surface area (Å²) >= 11 is 11.5. The largest absolute Gasteiger partial charge is 0.459 e. The van der Waals surface area contributed by atoms with Gasteiger partial charge in [0.15, 0.2) is 5.76 Å². The second kappa shape index (κ2) is 4.55. The van der Waals surface area contributed by atoms with Crippen molar-refractivity contribution in [3.05, 3.63) is 46.6 Å². The summed E-state index contributed by atoms with van der Waals surface area (Å²) < 4.78 is 4.93. The second-order valence-corrected chi connectivity index (χ2v) is 3.71. The predicted octanol–water partition coefficient (Wildman–Crippen LogP) is 3.23. The normalized spacial score (nSPS) is 10.1. The number of aromatic nitrogens is 1. The van der Waals surface area contributed by atoms with E-state index in [-0.39, 0.29) is 10.9 Å². The average Bonchev–Trinajstić information content (AvgIpc) is 2.75. The zero-order chi connectivity index (χ0) is 11.5. The van der Waals surface area contributed by atoms with Crippen LogP contribution in [0.25, 0.3) is 0 Å². The summed E-state index contributed by atoms with van der Waals surface area (Å²) in [5.74, 6) is -0.193. The fourth-order valence-electron chi connectivity index (χ4n) is 1.09. The van der Waals surface area contributed by atoms with Gasteiger partial charge in [-0.05, 0) is 18.2 Å². The minimum absolute atomic E-state index is 0.200. The summed E-state index contributed by atoms with van der Waals surface area (Å²) in [4.78, 5) is 15.4. The van der Waals surface area contributed by atoms with E-state index in [1.165, 1.54) is 18.5 Å². The van der Waals surface area contributed by atoms with E-state index in [2.05, 4.69) is 10.3 Å². The molecule has 0 aliphatic carbocycles. The van der Waals surface area contributed by atoms with Crippen molar-refractivity contribution in [2.75, 3.05) is 5.32 Å². The number of nitrogens with one attached hydrogen (secondary N) is 1. The molecule has 1 amide bonds. The number of furan rings is 1. The first-order valence-corrected chi connectivity index (χ1v) is 5.08. The van der Waals surface area contributed by atoms with Crippen molar-refractivity contribution in [2.24, 2.45) is 0 Å². The van der Waals surface area contributed by atoms with Crippen LogP contribution in [0.5, 0.6) is 0 Å². The van der Waals surface area contributed by atoms with Gasteiger partial charge in [-0.15, -0.1) is 0 Å². The number of hydrogen-bond donors (Lipinski definition) is 1. The van der Waals surface area contributed by atoms with Crippen LogP contribution in [0.3, 0.4) is 0 Å². The highest BCUT2D eigenvalue weighted by Crippen LogP contribution is 2.23. The zero-order valence-corrected chi connectivity index (χ0v) is 9.42. The van der Waals surface area contributed by atoms with Gasteiger partial charge in [0, 0.05) is 0 Å². The molecule has 2 aromatic heterocycles. The van der Waals surface area contributed by atoms with Gasteiger partial charge < -0.3 is 9.73 Å². The Morgan fingerprint density at radius 2 is 2.25 bits per heavy atom. The van der Waals surface area contributed by atoms with E-state index in [1.54, 1.807) is 12.1 Å². The number of rotatable bonds is 2. The molecule has 0 aliphatic heterocycles. The van der Waals surface area contributed by atoms with Crippen LogP contribution in [0.1, 0.15) is 10.6 Å². The molecule has 0 aliphatic rings. The van der Waals surface area contributed by atoms with E-state index in [1.807, 2.05) is 0 Å². The van der Waals surface area contributed by atoms with Gasteiger partial charge in [0.2, 0.25) is 0 Å². The van der Waals surface area contributed by atoms with Gasteiger partial charge in [-0.3, -0.25) is 4.79 Å². The molecule has 16 heavy (non-hydrogen) atoms. The average molecular weight is 257 g/mol. The Labute approximate surface area is 101 Å². The van der Waals surface area contributed by atoms with Crippen LogP contribution in [-0.2, 0) is 0 Å². The minimum Gasteiger partial charge on any atom is -0.459 e. The lowest BCUT2D eigenvalue weighted by Gasteiger charge is -2.04. The third-order valence-corrected chi connectivity index (χ3v) is 2.33. The quantitative estimate of drug-likeness (QED) is 0.840. The third kappa shape index (κ3) is 2.35.